The molecule has 0 saturated heterocycles. The molecular formula is C25H24N2O. The van der Waals surface area contributed by atoms with Gasteiger partial charge in [0, 0.05) is 29.6 Å². The van der Waals surface area contributed by atoms with Crippen LogP contribution in [0.1, 0.15) is 28.4 Å². The van der Waals surface area contributed by atoms with Crippen molar-refractivity contribution in [3.8, 4) is 5.75 Å². The fourth-order valence-electron chi connectivity index (χ4n) is 4.15. The number of rotatable bonds is 5. The van der Waals surface area contributed by atoms with E-state index < -0.39 is 0 Å². The summed E-state index contributed by atoms with van der Waals surface area (Å²) < 4.78 is 5.94. The fourth-order valence-corrected chi connectivity index (χ4v) is 4.15. The summed E-state index contributed by atoms with van der Waals surface area (Å²) in [5, 5.41) is 5.02. The second kappa shape index (κ2) is 7.53. The standard InChI is InChI=1S/C25H24N2O/c1-2-6-18(7-3-1)15-17-28-20-12-10-19(11-13-20)24-25-22(14-16-26-24)21-8-4-5-9-23(21)27-25/h1-13,24,26-27H,14-17H2. The van der Waals surface area contributed by atoms with Crippen LogP contribution < -0.4 is 10.1 Å². The van der Waals surface area contributed by atoms with Gasteiger partial charge < -0.3 is 15.0 Å². The topological polar surface area (TPSA) is 37.0 Å². The van der Waals surface area contributed by atoms with Gasteiger partial charge in [-0.25, -0.2) is 0 Å². The molecule has 1 aromatic heterocycles. The molecule has 0 saturated carbocycles. The van der Waals surface area contributed by atoms with Gasteiger partial charge in [0.05, 0.1) is 12.6 Å². The van der Waals surface area contributed by atoms with E-state index in [1.165, 1.54) is 33.3 Å². The van der Waals surface area contributed by atoms with Crippen LogP contribution in [0.25, 0.3) is 10.9 Å². The second-order valence-electron chi connectivity index (χ2n) is 7.35. The van der Waals surface area contributed by atoms with E-state index in [4.69, 9.17) is 4.74 Å². The molecule has 140 valence electrons. The minimum Gasteiger partial charge on any atom is -0.493 e. The van der Waals surface area contributed by atoms with Gasteiger partial charge in [0.25, 0.3) is 0 Å². The van der Waals surface area contributed by atoms with E-state index in [1.54, 1.807) is 0 Å². The smallest absolute Gasteiger partial charge is 0.119 e. The monoisotopic (exact) mass is 368 g/mol. The Morgan fingerprint density at radius 2 is 1.64 bits per heavy atom. The summed E-state index contributed by atoms with van der Waals surface area (Å²) in [6.45, 7) is 1.69. The number of hydrogen-bond acceptors (Lipinski definition) is 2. The SMILES string of the molecule is c1ccc(CCOc2ccc(C3NCCc4c3[nH]c3ccccc43)cc2)cc1. The Bertz CT molecular complexity index is 1070. The summed E-state index contributed by atoms with van der Waals surface area (Å²) in [7, 11) is 0. The first-order chi connectivity index (χ1) is 13.9. The summed E-state index contributed by atoms with van der Waals surface area (Å²) in [5.41, 5.74) is 6.54. The highest BCUT2D eigenvalue weighted by atomic mass is 16.5. The molecule has 4 aromatic rings. The highest BCUT2D eigenvalue weighted by Gasteiger charge is 2.24. The van der Waals surface area contributed by atoms with Crippen molar-refractivity contribution in [2.24, 2.45) is 0 Å². The zero-order valence-corrected chi connectivity index (χ0v) is 15.8. The maximum absolute atomic E-state index is 5.94. The van der Waals surface area contributed by atoms with Crippen LogP contribution in [-0.4, -0.2) is 18.1 Å². The van der Waals surface area contributed by atoms with Gasteiger partial charge in [-0.3, -0.25) is 0 Å². The van der Waals surface area contributed by atoms with E-state index in [-0.39, 0.29) is 6.04 Å². The summed E-state index contributed by atoms with van der Waals surface area (Å²) >= 11 is 0. The Balaban J connectivity index is 1.31. The highest BCUT2D eigenvalue weighted by molar-refractivity contribution is 5.85. The molecule has 1 unspecified atom stereocenters. The Morgan fingerprint density at radius 3 is 2.50 bits per heavy atom. The number of fused-ring (bicyclic) bond motifs is 3. The number of aromatic amines is 1. The van der Waals surface area contributed by atoms with E-state index in [9.17, 15) is 0 Å². The zero-order chi connectivity index (χ0) is 18.8. The normalized spacial score (nSPS) is 16.1. The van der Waals surface area contributed by atoms with E-state index in [0.29, 0.717) is 6.61 Å². The average molecular weight is 368 g/mol. The van der Waals surface area contributed by atoms with Crippen molar-refractivity contribution in [3.05, 3.63) is 101 Å². The van der Waals surface area contributed by atoms with Crippen LogP contribution in [0, 0.1) is 0 Å². The molecule has 0 amide bonds. The third kappa shape index (κ3) is 3.30. The minimum absolute atomic E-state index is 0.203. The van der Waals surface area contributed by atoms with Crippen molar-refractivity contribution >= 4 is 10.9 Å². The number of nitrogens with one attached hydrogen (secondary N) is 2. The van der Waals surface area contributed by atoms with Crippen LogP contribution in [0.5, 0.6) is 5.75 Å². The molecule has 2 heterocycles. The summed E-state index contributed by atoms with van der Waals surface area (Å²) in [6, 6.07) is 27.8. The molecule has 1 aliphatic rings. The Hall–Kier alpha value is -3.04. The number of hydrogen-bond donors (Lipinski definition) is 2. The molecule has 0 bridgehead atoms. The summed E-state index contributed by atoms with van der Waals surface area (Å²) in [4.78, 5) is 3.64. The van der Waals surface area contributed by atoms with Crippen molar-refractivity contribution in [3.63, 3.8) is 0 Å². The van der Waals surface area contributed by atoms with E-state index >= 15 is 0 Å². The molecule has 0 radical (unpaired) electrons. The van der Waals surface area contributed by atoms with Gasteiger partial charge in [0.2, 0.25) is 0 Å². The van der Waals surface area contributed by atoms with Crippen LogP contribution >= 0.6 is 0 Å². The maximum Gasteiger partial charge on any atom is 0.119 e. The first-order valence-corrected chi connectivity index (χ1v) is 9.98. The first-order valence-electron chi connectivity index (χ1n) is 9.98. The molecular weight excluding hydrogens is 344 g/mol. The lowest BCUT2D eigenvalue weighted by molar-refractivity contribution is 0.322. The van der Waals surface area contributed by atoms with Crippen molar-refractivity contribution < 1.29 is 4.74 Å². The van der Waals surface area contributed by atoms with Crippen LogP contribution in [0.3, 0.4) is 0 Å². The number of benzene rings is 3. The van der Waals surface area contributed by atoms with Crippen LogP contribution in [0.15, 0.2) is 78.9 Å². The third-order valence-corrected chi connectivity index (χ3v) is 5.57. The van der Waals surface area contributed by atoms with E-state index in [2.05, 4.69) is 83.1 Å². The molecule has 1 aliphatic heterocycles. The van der Waals surface area contributed by atoms with Gasteiger partial charge in [-0.15, -0.1) is 0 Å². The lowest BCUT2D eigenvalue weighted by atomic mass is 9.94. The molecule has 0 spiro atoms. The van der Waals surface area contributed by atoms with Crippen LogP contribution in [-0.2, 0) is 12.8 Å². The number of para-hydroxylation sites is 1. The number of H-pyrrole nitrogens is 1. The Labute approximate surface area is 165 Å². The van der Waals surface area contributed by atoms with Crippen LogP contribution in [0.2, 0.25) is 0 Å². The number of aromatic nitrogens is 1. The second-order valence-corrected chi connectivity index (χ2v) is 7.35. The van der Waals surface area contributed by atoms with Gasteiger partial charge in [-0.2, -0.15) is 0 Å². The molecule has 5 rings (SSSR count). The molecule has 2 N–H and O–H groups in total. The highest BCUT2D eigenvalue weighted by Crippen LogP contribution is 2.33. The van der Waals surface area contributed by atoms with Crippen molar-refractivity contribution in [2.45, 2.75) is 18.9 Å². The molecule has 28 heavy (non-hydrogen) atoms. The fraction of sp³-hybridized carbons (Fsp3) is 0.200. The average Bonchev–Trinajstić information content (AvgIpc) is 3.14. The van der Waals surface area contributed by atoms with E-state index in [1.807, 2.05) is 6.07 Å². The zero-order valence-electron chi connectivity index (χ0n) is 15.8. The predicted molar refractivity (Wildman–Crippen MR) is 114 cm³/mol. The molecule has 0 aliphatic carbocycles. The van der Waals surface area contributed by atoms with Gasteiger partial charge in [0.1, 0.15) is 5.75 Å². The lowest BCUT2D eigenvalue weighted by Crippen LogP contribution is -2.30. The largest absolute Gasteiger partial charge is 0.493 e. The minimum atomic E-state index is 0.203. The van der Waals surface area contributed by atoms with E-state index in [0.717, 1.165) is 25.1 Å². The van der Waals surface area contributed by atoms with Crippen molar-refractivity contribution in [2.75, 3.05) is 13.2 Å². The molecule has 0 fully saturated rings. The third-order valence-electron chi connectivity index (χ3n) is 5.57. The first kappa shape index (κ1) is 17.1. The quantitative estimate of drug-likeness (QED) is 0.519. The molecule has 3 aromatic carbocycles. The van der Waals surface area contributed by atoms with Gasteiger partial charge in [0.15, 0.2) is 0 Å². The van der Waals surface area contributed by atoms with Crippen molar-refractivity contribution in [1.29, 1.82) is 0 Å². The van der Waals surface area contributed by atoms with Gasteiger partial charge in [-0.05, 0) is 41.3 Å². The number of ether oxygens (including phenoxy) is 1. The Kier molecular flexibility index (Phi) is 4.59. The molecule has 1 atom stereocenters. The van der Waals surface area contributed by atoms with Crippen molar-refractivity contribution in [1.82, 2.24) is 10.3 Å². The predicted octanol–water partition coefficient (Wildman–Crippen LogP) is 5.02. The summed E-state index contributed by atoms with van der Waals surface area (Å²) in [5.74, 6) is 0.923. The summed E-state index contributed by atoms with van der Waals surface area (Å²) in [6.07, 6.45) is 1.99. The van der Waals surface area contributed by atoms with Gasteiger partial charge in [-0.1, -0.05) is 60.7 Å². The lowest BCUT2D eigenvalue weighted by Gasteiger charge is -2.25. The maximum atomic E-state index is 5.94. The molecule has 3 nitrogen and oxygen atoms in total. The van der Waals surface area contributed by atoms with Gasteiger partial charge >= 0.3 is 0 Å². The van der Waals surface area contributed by atoms with Crippen LogP contribution in [0.4, 0.5) is 0 Å². The molecule has 3 heteroatoms. The Morgan fingerprint density at radius 1 is 0.857 bits per heavy atom.